The maximum Gasteiger partial charge on any atom is 0.139 e. The molecule has 3 N–H and O–H groups in total. The third-order valence-corrected chi connectivity index (χ3v) is 3.09. The standard InChI is InChI=1S/C15H20N4/c1-4-7-12-8-5-6-9-13(12)19-15-10(2)14(16)17-11(3)18-15/h5-6,8-9H,4,7H2,1-3H3,(H3,16,17,18,19). The summed E-state index contributed by atoms with van der Waals surface area (Å²) in [5, 5.41) is 3.38. The highest BCUT2D eigenvalue weighted by Gasteiger charge is 2.08. The van der Waals surface area contributed by atoms with E-state index in [9.17, 15) is 0 Å². The Morgan fingerprint density at radius 1 is 1.16 bits per heavy atom. The zero-order valence-electron chi connectivity index (χ0n) is 11.7. The van der Waals surface area contributed by atoms with Gasteiger partial charge in [0.15, 0.2) is 0 Å². The Balaban J connectivity index is 2.36. The van der Waals surface area contributed by atoms with E-state index in [1.807, 2.05) is 19.9 Å². The Labute approximate surface area is 114 Å². The second kappa shape index (κ2) is 5.69. The third kappa shape index (κ3) is 3.02. The van der Waals surface area contributed by atoms with Crippen molar-refractivity contribution in [1.82, 2.24) is 9.97 Å². The van der Waals surface area contributed by atoms with Crippen molar-refractivity contribution in [3.63, 3.8) is 0 Å². The van der Waals surface area contributed by atoms with Crippen LogP contribution in [0.4, 0.5) is 17.3 Å². The van der Waals surface area contributed by atoms with Crippen LogP contribution in [0, 0.1) is 13.8 Å². The number of nitrogen functional groups attached to an aromatic ring is 1. The van der Waals surface area contributed by atoms with Gasteiger partial charge in [-0.25, -0.2) is 9.97 Å². The molecule has 0 aliphatic rings. The molecule has 0 spiro atoms. The van der Waals surface area contributed by atoms with Crippen molar-refractivity contribution >= 4 is 17.3 Å². The van der Waals surface area contributed by atoms with Crippen LogP contribution < -0.4 is 11.1 Å². The molecule has 0 aliphatic heterocycles. The van der Waals surface area contributed by atoms with E-state index < -0.39 is 0 Å². The predicted molar refractivity (Wildman–Crippen MR) is 79.6 cm³/mol. The topological polar surface area (TPSA) is 63.8 Å². The van der Waals surface area contributed by atoms with Crippen LogP contribution in [0.25, 0.3) is 0 Å². The summed E-state index contributed by atoms with van der Waals surface area (Å²) in [6.45, 7) is 5.95. The number of benzene rings is 1. The molecule has 2 rings (SSSR count). The third-order valence-electron chi connectivity index (χ3n) is 3.09. The van der Waals surface area contributed by atoms with Crippen molar-refractivity contribution in [2.75, 3.05) is 11.1 Å². The maximum atomic E-state index is 5.88. The molecule has 0 bridgehead atoms. The lowest BCUT2D eigenvalue weighted by molar-refractivity contribution is 0.922. The van der Waals surface area contributed by atoms with Crippen LogP contribution in [-0.2, 0) is 6.42 Å². The van der Waals surface area contributed by atoms with Crippen LogP contribution in [0.1, 0.15) is 30.3 Å². The molecule has 4 nitrogen and oxygen atoms in total. The normalized spacial score (nSPS) is 10.5. The summed E-state index contributed by atoms with van der Waals surface area (Å²) in [5.74, 6) is 2.00. The molecule has 1 heterocycles. The number of aryl methyl sites for hydroxylation is 2. The average molecular weight is 256 g/mol. The van der Waals surface area contributed by atoms with Gasteiger partial charge in [-0.2, -0.15) is 0 Å². The van der Waals surface area contributed by atoms with E-state index in [0.29, 0.717) is 11.6 Å². The zero-order chi connectivity index (χ0) is 13.8. The fourth-order valence-electron chi connectivity index (χ4n) is 2.03. The number of hydrogen-bond donors (Lipinski definition) is 2. The van der Waals surface area contributed by atoms with E-state index >= 15 is 0 Å². The fraction of sp³-hybridized carbons (Fsp3) is 0.333. The summed E-state index contributed by atoms with van der Waals surface area (Å²) in [6, 6.07) is 8.29. The first kappa shape index (κ1) is 13.3. The maximum absolute atomic E-state index is 5.88. The first-order valence-electron chi connectivity index (χ1n) is 6.57. The fourth-order valence-corrected chi connectivity index (χ4v) is 2.03. The summed E-state index contributed by atoms with van der Waals surface area (Å²) in [6.07, 6.45) is 2.16. The SMILES string of the molecule is CCCc1ccccc1Nc1nc(C)nc(N)c1C. The molecule has 4 heteroatoms. The highest BCUT2D eigenvalue weighted by molar-refractivity contribution is 5.66. The summed E-state index contributed by atoms with van der Waals surface area (Å²) >= 11 is 0. The number of anilines is 3. The van der Waals surface area contributed by atoms with Crippen LogP contribution in [0.2, 0.25) is 0 Å². The van der Waals surface area contributed by atoms with E-state index in [2.05, 4.69) is 40.4 Å². The van der Waals surface area contributed by atoms with Gasteiger partial charge >= 0.3 is 0 Å². The van der Waals surface area contributed by atoms with Gasteiger partial charge in [-0.1, -0.05) is 31.5 Å². The lowest BCUT2D eigenvalue weighted by Gasteiger charge is -2.14. The molecule has 0 atom stereocenters. The van der Waals surface area contributed by atoms with Crippen LogP contribution in [0.15, 0.2) is 24.3 Å². The van der Waals surface area contributed by atoms with Gasteiger partial charge in [0.25, 0.3) is 0 Å². The molecule has 1 aromatic heterocycles. The first-order chi connectivity index (χ1) is 9.11. The van der Waals surface area contributed by atoms with E-state index in [1.54, 1.807) is 0 Å². The minimum absolute atomic E-state index is 0.531. The van der Waals surface area contributed by atoms with E-state index in [1.165, 1.54) is 5.56 Å². The van der Waals surface area contributed by atoms with Crippen molar-refractivity contribution < 1.29 is 0 Å². The summed E-state index contributed by atoms with van der Waals surface area (Å²) in [7, 11) is 0. The van der Waals surface area contributed by atoms with Crippen molar-refractivity contribution in [3.8, 4) is 0 Å². The minimum Gasteiger partial charge on any atom is -0.383 e. The van der Waals surface area contributed by atoms with Crippen molar-refractivity contribution in [2.24, 2.45) is 0 Å². The lowest BCUT2D eigenvalue weighted by atomic mass is 10.1. The number of nitrogens with one attached hydrogen (secondary N) is 1. The van der Waals surface area contributed by atoms with E-state index in [-0.39, 0.29) is 0 Å². The van der Waals surface area contributed by atoms with Crippen molar-refractivity contribution in [1.29, 1.82) is 0 Å². The Hall–Kier alpha value is -2.10. The molecule has 0 amide bonds. The van der Waals surface area contributed by atoms with Crippen molar-refractivity contribution in [3.05, 3.63) is 41.2 Å². The molecular weight excluding hydrogens is 236 g/mol. The van der Waals surface area contributed by atoms with Gasteiger partial charge in [0.05, 0.1) is 0 Å². The molecule has 0 saturated carbocycles. The molecule has 0 radical (unpaired) electrons. The van der Waals surface area contributed by atoms with Crippen LogP contribution in [0.5, 0.6) is 0 Å². The lowest BCUT2D eigenvalue weighted by Crippen LogP contribution is -2.06. The molecule has 2 aromatic rings. The second-order valence-electron chi connectivity index (χ2n) is 4.66. The zero-order valence-corrected chi connectivity index (χ0v) is 11.7. The van der Waals surface area contributed by atoms with Gasteiger partial charge in [0.2, 0.25) is 0 Å². The molecule has 100 valence electrons. The van der Waals surface area contributed by atoms with Gasteiger partial charge in [0, 0.05) is 11.3 Å². The highest BCUT2D eigenvalue weighted by atomic mass is 15.1. The number of para-hydroxylation sites is 1. The number of rotatable bonds is 4. The summed E-state index contributed by atoms with van der Waals surface area (Å²) < 4.78 is 0. The van der Waals surface area contributed by atoms with Crippen LogP contribution in [0.3, 0.4) is 0 Å². The Morgan fingerprint density at radius 3 is 2.63 bits per heavy atom. The van der Waals surface area contributed by atoms with Gasteiger partial charge < -0.3 is 11.1 Å². The second-order valence-corrected chi connectivity index (χ2v) is 4.66. The van der Waals surface area contributed by atoms with Crippen LogP contribution >= 0.6 is 0 Å². The van der Waals surface area contributed by atoms with E-state index in [0.717, 1.165) is 29.9 Å². The van der Waals surface area contributed by atoms with Crippen LogP contribution in [-0.4, -0.2) is 9.97 Å². The van der Waals surface area contributed by atoms with Gasteiger partial charge in [-0.3, -0.25) is 0 Å². The molecule has 0 saturated heterocycles. The number of aromatic nitrogens is 2. The molecule has 0 unspecified atom stereocenters. The van der Waals surface area contributed by atoms with Gasteiger partial charge in [-0.15, -0.1) is 0 Å². The number of nitrogens with two attached hydrogens (primary N) is 1. The molecule has 1 aromatic carbocycles. The Morgan fingerprint density at radius 2 is 1.89 bits per heavy atom. The predicted octanol–water partition coefficient (Wildman–Crippen LogP) is 3.37. The molecule has 0 aliphatic carbocycles. The average Bonchev–Trinajstić information content (AvgIpc) is 2.38. The largest absolute Gasteiger partial charge is 0.383 e. The number of nitrogens with zero attached hydrogens (tertiary/aromatic N) is 2. The number of hydrogen-bond acceptors (Lipinski definition) is 4. The molecule has 19 heavy (non-hydrogen) atoms. The monoisotopic (exact) mass is 256 g/mol. The van der Waals surface area contributed by atoms with Gasteiger partial charge in [-0.05, 0) is 31.9 Å². The summed E-state index contributed by atoms with van der Waals surface area (Å²) in [5.41, 5.74) is 9.15. The van der Waals surface area contributed by atoms with E-state index in [4.69, 9.17) is 5.73 Å². The minimum atomic E-state index is 0.531. The first-order valence-corrected chi connectivity index (χ1v) is 6.57. The quantitative estimate of drug-likeness (QED) is 0.880. The molecular formula is C15H20N4. The molecule has 0 fully saturated rings. The Kier molecular flexibility index (Phi) is 4.00. The van der Waals surface area contributed by atoms with Crippen molar-refractivity contribution in [2.45, 2.75) is 33.6 Å². The highest BCUT2D eigenvalue weighted by Crippen LogP contribution is 2.24. The smallest absolute Gasteiger partial charge is 0.139 e. The Bertz CT molecular complexity index is 578. The summed E-state index contributed by atoms with van der Waals surface area (Å²) in [4.78, 5) is 8.59. The van der Waals surface area contributed by atoms with Gasteiger partial charge in [0.1, 0.15) is 17.5 Å².